The molecule has 2 heterocycles. The van der Waals surface area contributed by atoms with Gasteiger partial charge in [0.25, 0.3) is 0 Å². The van der Waals surface area contributed by atoms with Crippen molar-refractivity contribution in [3.05, 3.63) is 64.7 Å². The van der Waals surface area contributed by atoms with Crippen LogP contribution in [0, 0.1) is 5.92 Å². The molecule has 0 unspecified atom stereocenters. The Kier molecular flexibility index (Phi) is 5.95. The van der Waals surface area contributed by atoms with Gasteiger partial charge in [-0.05, 0) is 59.9 Å². The molecule has 2 aromatic rings. The Bertz CT molecular complexity index is 941. The molecular formula is C23H30N2O3S. The van der Waals surface area contributed by atoms with Gasteiger partial charge in [0, 0.05) is 32.7 Å². The maximum Gasteiger partial charge on any atom is 0.211 e. The molecule has 0 bridgehead atoms. The van der Waals surface area contributed by atoms with E-state index in [4.69, 9.17) is 0 Å². The van der Waals surface area contributed by atoms with Gasteiger partial charge in [0.1, 0.15) is 5.75 Å². The van der Waals surface area contributed by atoms with Gasteiger partial charge in [0.2, 0.25) is 10.0 Å². The summed E-state index contributed by atoms with van der Waals surface area (Å²) in [5, 5.41) is 10.5. The molecule has 0 amide bonds. The van der Waals surface area contributed by atoms with E-state index in [2.05, 4.69) is 41.3 Å². The van der Waals surface area contributed by atoms with Crippen molar-refractivity contribution in [3.8, 4) is 5.75 Å². The molecule has 1 fully saturated rings. The third-order valence-corrected chi connectivity index (χ3v) is 7.63. The largest absolute Gasteiger partial charge is 0.508 e. The van der Waals surface area contributed by atoms with Gasteiger partial charge < -0.3 is 5.11 Å². The number of sulfonamides is 1. The van der Waals surface area contributed by atoms with Crippen molar-refractivity contribution in [2.75, 3.05) is 19.3 Å². The van der Waals surface area contributed by atoms with E-state index in [0.717, 1.165) is 56.4 Å². The van der Waals surface area contributed by atoms with Crippen LogP contribution < -0.4 is 0 Å². The second kappa shape index (κ2) is 8.46. The van der Waals surface area contributed by atoms with Crippen molar-refractivity contribution in [2.24, 2.45) is 5.92 Å². The fourth-order valence-corrected chi connectivity index (χ4v) is 5.46. The van der Waals surface area contributed by atoms with Gasteiger partial charge in [0.05, 0.1) is 6.26 Å². The van der Waals surface area contributed by atoms with E-state index in [1.165, 1.54) is 17.4 Å². The fourth-order valence-electron chi connectivity index (χ4n) is 4.58. The lowest BCUT2D eigenvalue weighted by molar-refractivity contribution is 0.264. The molecule has 4 rings (SSSR count). The average molecular weight is 415 g/mol. The normalized spacial score (nSPS) is 18.8. The molecule has 0 aromatic heterocycles. The maximum atomic E-state index is 11.6. The highest BCUT2D eigenvalue weighted by Crippen LogP contribution is 2.29. The Labute approximate surface area is 174 Å². The molecular weight excluding hydrogens is 384 g/mol. The molecule has 1 saturated heterocycles. The SMILES string of the molecule is CS(=O)(=O)N1CCC(CCc2ccc(CN3Cc4ccccc4C3)cc2O)CC1. The molecule has 5 nitrogen and oxygen atoms in total. The third-order valence-electron chi connectivity index (χ3n) is 6.33. The lowest BCUT2D eigenvalue weighted by Crippen LogP contribution is -2.37. The minimum Gasteiger partial charge on any atom is -0.508 e. The van der Waals surface area contributed by atoms with E-state index in [1.807, 2.05) is 6.07 Å². The standard InChI is InChI=1S/C23H30N2O3S/c1-29(27,28)25-12-10-18(11-13-25)6-8-20-9-7-19(14-23(20)26)15-24-16-21-4-2-3-5-22(21)17-24/h2-5,7,9,14,18,26H,6,8,10-13,15-17H2,1H3. The highest BCUT2D eigenvalue weighted by molar-refractivity contribution is 7.88. The van der Waals surface area contributed by atoms with E-state index >= 15 is 0 Å². The first-order chi connectivity index (χ1) is 13.9. The van der Waals surface area contributed by atoms with Crippen molar-refractivity contribution < 1.29 is 13.5 Å². The number of aryl methyl sites for hydroxylation is 1. The molecule has 6 heteroatoms. The Morgan fingerprint density at radius 1 is 1.03 bits per heavy atom. The Balaban J connectivity index is 1.28. The number of fused-ring (bicyclic) bond motifs is 1. The molecule has 0 spiro atoms. The van der Waals surface area contributed by atoms with Crippen LogP contribution in [0.25, 0.3) is 0 Å². The van der Waals surface area contributed by atoms with Crippen molar-refractivity contribution in [1.29, 1.82) is 0 Å². The summed E-state index contributed by atoms with van der Waals surface area (Å²) in [6, 6.07) is 14.7. The summed E-state index contributed by atoms with van der Waals surface area (Å²) in [4.78, 5) is 2.40. The van der Waals surface area contributed by atoms with Crippen molar-refractivity contribution in [3.63, 3.8) is 0 Å². The monoisotopic (exact) mass is 414 g/mol. The summed E-state index contributed by atoms with van der Waals surface area (Å²) in [6.07, 6.45) is 4.92. The zero-order valence-electron chi connectivity index (χ0n) is 17.0. The van der Waals surface area contributed by atoms with Crippen molar-refractivity contribution in [2.45, 2.75) is 45.3 Å². The van der Waals surface area contributed by atoms with Crippen LogP contribution in [0.5, 0.6) is 5.75 Å². The topological polar surface area (TPSA) is 60.9 Å². The smallest absolute Gasteiger partial charge is 0.211 e. The minimum absolute atomic E-state index is 0.382. The summed E-state index contributed by atoms with van der Waals surface area (Å²) in [5.74, 6) is 0.906. The molecule has 0 aliphatic carbocycles. The Hall–Kier alpha value is -1.89. The zero-order chi connectivity index (χ0) is 20.4. The van der Waals surface area contributed by atoms with Crippen LogP contribution >= 0.6 is 0 Å². The number of phenols is 1. The summed E-state index contributed by atoms with van der Waals surface area (Å²) >= 11 is 0. The number of nitrogens with zero attached hydrogens (tertiary/aromatic N) is 2. The van der Waals surface area contributed by atoms with Gasteiger partial charge in [-0.15, -0.1) is 0 Å². The number of aromatic hydroxyl groups is 1. The van der Waals surface area contributed by atoms with Gasteiger partial charge in [0.15, 0.2) is 0 Å². The Morgan fingerprint density at radius 3 is 2.28 bits per heavy atom. The quantitative estimate of drug-likeness (QED) is 0.786. The molecule has 0 radical (unpaired) electrons. The minimum atomic E-state index is -3.07. The molecule has 2 aliphatic heterocycles. The van der Waals surface area contributed by atoms with Crippen LogP contribution in [0.1, 0.15) is 41.5 Å². The van der Waals surface area contributed by atoms with Gasteiger partial charge in [-0.25, -0.2) is 12.7 Å². The van der Waals surface area contributed by atoms with Crippen LogP contribution in [-0.2, 0) is 36.1 Å². The number of hydrogen-bond donors (Lipinski definition) is 1. The number of benzene rings is 2. The lowest BCUT2D eigenvalue weighted by atomic mass is 9.91. The molecule has 156 valence electrons. The lowest BCUT2D eigenvalue weighted by Gasteiger charge is -2.30. The predicted octanol–water partition coefficient (Wildman–Crippen LogP) is 3.51. The van der Waals surface area contributed by atoms with Gasteiger partial charge >= 0.3 is 0 Å². The van der Waals surface area contributed by atoms with Crippen molar-refractivity contribution >= 4 is 10.0 Å². The molecule has 0 atom stereocenters. The highest BCUT2D eigenvalue weighted by atomic mass is 32.2. The number of rotatable bonds is 6. The number of phenolic OH excluding ortho intramolecular Hbond substituents is 1. The second-order valence-electron chi connectivity index (χ2n) is 8.52. The van der Waals surface area contributed by atoms with E-state index in [9.17, 15) is 13.5 Å². The highest BCUT2D eigenvalue weighted by Gasteiger charge is 2.25. The Morgan fingerprint density at radius 2 is 1.69 bits per heavy atom. The maximum absolute atomic E-state index is 11.6. The average Bonchev–Trinajstić information content (AvgIpc) is 3.09. The van der Waals surface area contributed by atoms with Crippen LogP contribution in [0.2, 0.25) is 0 Å². The van der Waals surface area contributed by atoms with Crippen molar-refractivity contribution in [1.82, 2.24) is 9.21 Å². The van der Waals surface area contributed by atoms with Gasteiger partial charge in [-0.3, -0.25) is 4.90 Å². The third kappa shape index (κ3) is 5.00. The summed E-state index contributed by atoms with van der Waals surface area (Å²) in [7, 11) is -3.07. The zero-order valence-corrected chi connectivity index (χ0v) is 17.9. The molecule has 2 aliphatic rings. The van der Waals surface area contributed by atoms with Crippen LogP contribution in [-0.4, -0.2) is 42.1 Å². The first-order valence-corrected chi connectivity index (χ1v) is 12.3. The fraction of sp³-hybridized carbons (Fsp3) is 0.478. The van der Waals surface area contributed by atoms with Crippen LogP contribution in [0.3, 0.4) is 0 Å². The number of piperidine rings is 1. The molecule has 1 N–H and O–H groups in total. The molecule has 29 heavy (non-hydrogen) atoms. The summed E-state index contributed by atoms with van der Waals surface area (Å²) < 4.78 is 24.8. The van der Waals surface area contributed by atoms with E-state index in [1.54, 1.807) is 4.31 Å². The van der Waals surface area contributed by atoms with Gasteiger partial charge in [-0.1, -0.05) is 36.4 Å². The first kappa shape index (κ1) is 20.4. The molecule has 2 aromatic carbocycles. The van der Waals surface area contributed by atoms with E-state index < -0.39 is 10.0 Å². The summed E-state index contributed by atoms with van der Waals surface area (Å²) in [6.45, 7) is 4.00. The second-order valence-corrected chi connectivity index (χ2v) is 10.5. The molecule has 0 saturated carbocycles. The summed E-state index contributed by atoms with van der Waals surface area (Å²) in [5.41, 5.74) is 4.93. The number of hydrogen-bond acceptors (Lipinski definition) is 4. The van der Waals surface area contributed by atoms with E-state index in [-0.39, 0.29) is 0 Å². The van der Waals surface area contributed by atoms with Gasteiger partial charge in [-0.2, -0.15) is 0 Å². The van der Waals surface area contributed by atoms with E-state index in [0.29, 0.717) is 24.8 Å². The van der Waals surface area contributed by atoms with Crippen LogP contribution in [0.15, 0.2) is 42.5 Å². The van der Waals surface area contributed by atoms with Crippen LogP contribution in [0.4, 0.5) is 0 Å². The predicted molar refractivity (Wildman–Crippen MR) is 115 cm³/mol. The first-order valence-electron chi connectivity index (χ1n) is 10.4.